The Morgan fingerprint density at radius 2 is 1.53 bits per heavy atom. The van der Waals surface area contributed by atoms with Gasteiger partial charge in [-0.05, 0) is 20.4 Å². The molecule has 0 aromatic rings. The molecule has 6 nitrogen and oxygen atoms in total. The second kappa shape index (κ2) is 12.1. The highest BCUT2D eigenvalue weighted by atomic mass is 31.2. The molecule has 0 aliphatic heterocycles. The standard InChI is InChI=1S/C6H15O5P.C2H7N/c1-3-9-12(8,10-4-2)11-6-5-7;1-2-3/h7H,3-6H2,1-2H3;2-3H2,1H3. The van der Waals surface area contributed by atoms with Crippen LogP contribution in [-0.4, -0.2) is 38.1 Å². The second-order valence-electron chi connectivity index (χ2n) is 2.25. The molecular weight excluding hydrogens is 221 g/mol. The quantitative estimate of drug-likeness (QED) is 0.651. The maximum Gasteiger partial charge on any atom is 0.474 e. The lowest BCUT2D eigenvalue weighted by molar-refractivity contribution is 0.102. The molecule has 7 heteroatoms. The number of aliphatic hydroxyl groups excluding tert-OH is 1. The molecule has 0 aliphatic carbocycles. The predicted octanol–water partition coefficient (Wildman–Crippen LogP) is 1.14. The molecule has 0 atom stereocenters. The Morgan fingerprint density at radius 3 is 1.80 bits per heavy atom. The van der Waals surface area contributed by atoms with Crippen LogP contribution in [0.25, 0.3) is 0 Å². The third-order valence-electron chi connectivity index (χ3n) is 0.915. The van der Waals surface area contributed by atoms with E-state index in [0.717, 1.165) is 6.54 Å². The number of rotatable bonds is 7. The lowest BCUT2D eigenvalue weighted by Crippen LogP contribution is -2.03. The summed E-state index contributed by atoms with van der Waals surface area (Å²) in [4.78, 5) is 0. The molecule has 15 heavy (non-hydrogen) atoms. The Labute approximate surface area is 91.3 Å². The summed E-state index contributed by atoms with van der Waals surface area (Å²) in [5.74, 6) is 0. The van der Waals surface area contributed by atoms with Crippen molar-refractivity contribution in [2.75, 3.05) is 33.0 Å². The number of phosphoric acid groups is 1. The van der Waals surface area contributed by atoms with E-state index in [1.54, 1.807) is 13.8 Å². The summed E-state index contributed by atoms with van der Waals surface area (Å²) in [6.07, 6.45) is 0. The summed E-state index contributed by atoms with van der Waals surface area (Å²) in [5, 5.41) is 8.41. The molecule has 0 saturated heterocycles. The highest BCUT2D eigenvalue weighted by molar-refractivity contribution is 7.48. The number of aliphatic hydroxyl groups is 1. The average Bonchev–Trinajstić information content (AvgIpc) is 2.17. The molecule has 0 aliphatic rings. The average molecular weight is 243 g/mol. The highest BCUT2D eigenvalue weighted by Crippen LogP contribution is 2.48. The van der Waals surface area contributed by atoms with Crippen LogP contribution in [0.1, 0.15) is 20.8 Å². The van der Waals surface area contributed by atoms with Crippen LogP contribution in [0.5, 0.6) is 0 Å². The summed E-state index contributed by atoms with van der Waals surface area (Å²) in [7, 11) is -3.40. The molecule has 0 spiro atoms. The summed E-state index contributed by atoms with van der Waals surface area (Å²) in [6, 6.07) is 0. The van der Waals surface area contributed by atoms with Crippen molar-refractivity contribution in [2.45, 2.75) is 20.8 Å². The van der Waals surface area contributed by atoms with Gasteiger partial charge in [-0.1, -0.05) is 6.92 Å². The largest absolute Gasteiger partial charge is 0.474 e. The van der Waals surface area contributed by atoms with Gasteiger partial charge in [0, 0.05) is 0 Å². The summed E-state index contributed by atoms with van der Waals surface area (Å²) in [6.45, 7) is 6.29. The third-order valence-corrected chi connectivity index (χ3v) is 2.56. The topological polar surface area (TPSA) is 91.0 Å². The van der Waals surface area contributed by atoms with Crippen molar-refractivity contribution in [3.63, 3.8) is 0 Å². The molecule has 0 amide bonds. The molecule has 0 unspecified atom stereocenters. The maximum absolute atomic E-state index is 11.4. The van der Waals surface area contributed by atoms with Crippen molar-refractivity contribution in [1.29, 1.82) is 0 Å². The van der Waals surface area contributed by atoms with Gasteiger partial charge in [0.25, 0.3) is 0 Å². The normalized spacial score (nSPS) is 10.7. The van der Waals surface area contributed by atoms with E-state index in [1.165, 1.54) is 0 Å². The third kappa shape index (κ3) is 12.0. The molecular formula is C8H22NO5P. The molecule has 0 fully saturated rings. The van der Waals surface area contributed by atoms with Gasteiger partial charge >= 0.3 is 7.82 Å². The van der Waals surface area contributed by atoms with Gasteiger partial charge in [0.15, 0.2) is 0 Å². The zero-order valence-corrected chi connectivity index (χ0v) is 10.5. The van der Waals surface area contributed by atoms with Crippen LogP contribution in [0.15, 0.2) is 0 Å². The first-order valence-electron chi connectivity index (χ1n) is 4.94. The van der Waals surface area contributed by atoms with E-state index in [0.29, 0.717) is 0 Å². The van der Waals surface area contributed by atoms with Gasteiger partial charge in [-0.15, -0.1) is 0 Å². The van der Waals surface area contributed by atoms with E-state index in [-0.39, 0.29) is 26.4 Å². The summed E-state index contributed by atoms with van der Waals surface area (Å²) < 4.78 is 25.7. The molecule has 0 saturated carbocycles. The van der Waals surface area contributed by atoms with Crippen LogP contribution in [0.2, 0.25) is 0 Å². The first-order chi connectivity index (χ1) is 7.10. The highest BCUT2D eigenvalue weighted by Gasteiger charge is 2.24. The molecule has 94 valence electrons. The summed E-state index contributed by atoms with van der Waals surface area (Å²) in [5.41, 5.74) is 4.85. The van der Waals surface area contributed by atoms with Gasteiger partial charge in [-0.25, -0.2) is 4.57 Å². The van der Waals surface area contributed by atoms with Crippen LogP contribution in [-0.2, 0) is 18.1 Å². The molecule has 0 heterocycles. The zero-order chi connectivity index (χ0) is 12.2. The molecule has 0 aromatic heterocycles. The predicted molar refractivity (Wildman–Crippen MR) is 58.6 cm³/mol. The Balaban J connectivity index is 0. The van der Waals surface area contributed by atoms with Crippen LogP contribution >= 0.6 is 7.82 Å². The monoisotopic (exact) mass is 243 g/mol. The van der Waals surface area contributed by atoms with Crippen molar-refractivity contribution in [2.24, 2.45) is 5.73 Å². The van der Waals surface area contributed by atoms with Crippen LogP contribution < -0.4 is 5.73 Å². The SMILES string of the molecule is CCN.CCOP(=O)(OCC)OCCO. The second-order valence-corrected chi connectivity index (χ2v) is 3.92. The van der Waals surface area contributed by atoms with Crippen LogP contribution in [0.3, 0.4) is 0 Å². The van der Waals surface area contributed by atoms with Crippen LogP contribution in [0, 0.1) is 0 Å². The minimum atomic E-state index is -3.40. The molecule has 0 rings (SSSR count). The Bertz CT molecular complexity index is 157. The molecule has 0 aromatic carbocycles. The number of hydrogen-bond acceptors (Lipinski definition) is 6. The molecule has 0 radical (unpaired) electrons. The smallest absolute Gasteiger partial charge is 0.394 e. The fourth-order valence-corrected chi connectivity index (χ4v) is 1.74. The van der Waals surface area contributed by atoms with Crippen molar-refractivity contribution in [1.82, 2.24) is 0 Å². The van der Waals surface area contributed by atoms with Crippen molar-refractivity contribution in [3.05, 3.63) is 0 Å². The van der Waals surface area contributed by atoms with Crippen LogP contribution in [0.4, 0.5) is 0 Å². The fourth-order valence-electron chi connectivity index (χ4n) is 0.581. The first-order valence-corrected chi connectivity index (χ1v) is 6.40. The lowest BCUT2D eigenvalue weighted by atomic mass is 10.8. The van der Waals surface area contributed by atoms with Gasteiger partial charge in [0.1, 0.15) is 0 Å². The van der Waals surface area contributed by atoms with Crippen molar-refractivity contribution in [3.8, 4) is 0 Å². The van der Waals surface area contributed by atoms with E-state index < -0.39 is 7.82 Å². The fraction of sp³-hybridized carbons (Fsp3) is 1.00. The zero-order valence-electron chi connectivity index (χ0n) is 9.64. The van der Waals surface area contributed by atoms with Gasteiger partial charge in [0.2, 0.25) is 0 Å². The number of hydrogen-bond donors (Lipinski definition) is 2. The van der Waals surface area contributed by atoms with Gasteiger partial charge < -0.3 is 10.8 Å². The minimum Gasteiger partial charge on any atom is -0.394 e. The summed E-state index contributed by atoms with van der Waals surface area (Å²) >= 11 is 0. The van der Waals surface area contributed by atoms with E-state index in [9.17, 15) is 4.57 Å². The van der Waals surface area contributed by atoms with E-state index in [2.05, 4.69) is 0 Å². The Hall–Kier alpha value is 0.0300. The Morgan fingerprint density at radius 1 is 1.13 bits per heavy atom. The molecule has 3 N–H and O–H groups in total. The Kier molecular flexibility index (Phi) is 14.1. The van der Waals surface area contributed by atoms with Crippen molar-refractivity contribution < 1.29 is 23.2 Å². The van der Waals surface area contributed by atoms with Gasteiger partial charge in [-0.3, -0.25) is 13.6 Å². The lowest BCUT2D eigenvalue weighted by Gasteiger charge is -2.15. The van der Waals surface area contributed by atoms with E-state index >= 15 is 0 Å². The minimum absolute atomic E-state index is 0.0444. The van der Waals surface area contributed by atoms with E-state index in [4.69, 9.17) is 24.4 Å². The maximum atomic E-state index is 11.4. The van der Waals surface area contributed by atoms with Crippen molar-refractivity contribution >= 4 is 7.82 Å². The molecule has 0 bridgehead atoms. The van der Waals surface area contributed by atoms with Gasteiger partial charge in [-0.2, -0.15) is 0 Å². The number of nitrogens with two attached hydrogens (primary N) is 1. The van der Waals surface area contributed by atoms with Gasteiger partial charge in [0.05, 0.1) is 26.4 Å². The number of phosphoric ester groups is 1. The first kappa shape index (κ1) is 17.4. The van der Waals surface area contributed by atoms with E-state index in [1.807, 2.05) is 6.92 Å².